The zero-order valence-electron chi connectivity index (χ0n) is 17.5. The van der Waals surface area contributed by atoms with Crippen LogP contribution < -0.4 is 10.0 Å². The van der Waals surface area contributed by atoms with Crippen molar-refractivity contribution in [3.05, 3.63) is 64.1 Å². The quantitative estimate of drug-likeness (QED) is 0.369. The zero-order chi connectivity index (χ0) is 25.8. The molecule has 4 rings (SSSR count). The number of sulfonamides is 1. The summed E-state index contributed by atoms with van der Waals surface area (Å²) >= 11 is 7.39. The first-order valence-electron chi connectivity index (χ1n) is 9.79. The number of carboxylic acids is 1. The lowest BCUT2D eigenvalue weighted by molar-refractivity contribution is -0.192. The molecule has 1 aliphatic rings. The van der Waals surface area contributed by atoms with Crippen LogP contribution >= 0.6 is 22.9 Å². The van der Waals surface area contributed by atoms with Crippen molar-refractivity contribution in [3.8, 4) is 0 Å². The standard InChI is InChI=1S/C18H16ClFN4O2S2.C2HF3O2/c19-13-8-17(28(25,26)24-18-22-6-7-27-18)14(20)9-16(13)23-15-3-1-2-11-10-21-5-4-12(11)15;3-2(4,5)1(6)7/h4-10,15,23H,1-3H2,(H,22,24);(H,6,7). The Hall–Kier alpha value is -2.97. The molecule has 0 bridgehead atoms. The first-order valence-corrected chi connectivity index (χ1v) is 12.5. The first kappa shape index (κ1) is 26.6. The van der Waals surface area contributed by atoms with Gasteiger partial charge in [0.2, 0.25) is 0 Å². The Morgan fingerprint density at radius 1 is 1.26 bits per heavy atom. The molecule has 0 saturated heterocycles. The first-order chi connectivity index (χ1) is 16.4. The predicted molar refractivity (Wildman–Crippen MR) is 122 cm³/mol. The van der Waals surface area contributed by atoms with Crippen molar-refractivity contribution in [2.75, 3.05) is 10.0 Å². The van der Waals surface area contributed by atoms with Gasteiger partial charge in [-0.2, -0.15) is 13.2 Å². The predicted octanol–water partition coefficient (Wildman–Crippen LogP) is 5.25. The van der Waals surface area contributed by atoms with Gasteiger partial charge in [-0.25, -0.2) is 22.6 Å². The van der Waals surface area contributed by atoms with Crippen LogP contribution in [0.4, 0.5) is 28.4 Å². The normalized spacial score (nSPS) is 15.4. The second kappa shape index (κ2) is 10.7. The van der Waals surface area contributed by atoms with E-state index in [9.17, 15) is 26.0 Å². The van der Waals surface area contributed by atoms with Crippen LogP contribution in [0.2, 0.25) is 5.02 Å². The van der Waals surface area contributed by atoms with Gasteiger partial charge in [0.25, 0.3) is 10.0 Å². The molecule has 0 amide bonds. The number of carboxylic acid groups (broad SMARTS) is 1. The van der Waals surface area contributed by atoms with E-state index in [1.807, 2.05) is 12.3 Å². The van der Waals surface area contributed by atoms with Crippen molar-refractivity contribution in [2.45, 2.75) is 36.4 Å². The number of aliphatic carboxylic acids is 1. The van der Waals surface area contributed by atoms with Crippen LogP contribution in [0, 0.1) is 5.82 Å². The maximum atomic E-state index is 14.7. The van der Waals surface area contributed by atoms with Gasteiger partial charge in [-0.05, 0) is 48.6 Å². The minimum Gasteiger partial charge on any atom is -0.475 e. The molecule has 0 spiro atoms. The van der Waals surface area contributed by atoms with Crippen LogP contribution in [0.5, 0.6) is 0 Å². The van der Waals surface area contributed by atoms with E-state index in [0.717, 1.165) is 53.9 Å². The summed E-state index contributed by atoms with van der Waals surface area (Å²) in [6.07, 6.45) is 2.72. The number of hydrogen-bond acceptors (Lipinski definition) is 7. The topological polar surface area (TPSA) is 121 Å². The minimum absolute atomic E-state index is 0.0421. The molecular weight excluding hydrogens is 536 g/mol. The third kappa shape index (κ3) is 6.80. The van der Waals surface area contributed by atoms with Crippen LogP contribution in [0.3, 0.4) is 0 Å². The average Bonchev–Trinajstić information content (AvgIpc) is 3.28. The van der Waals surface area contributed by atoms with E-state index in [2.05, 4.69) is 20.0 Å². The smallest absolute Gasteiger partial charge is 0.475 e. The highest BCUT2D eigenvalue weighted by atomic mass is 35.5. The summed E-state index contributed by atoms with van der Waals surface area (Å²) < 4.78 is 73.6. The Labute approximate surface area is 206 Å². The van der Waals surface area contributed by atoms with Gasteiger partial charge in [0, 0.05) is 24.0 Å². The number of pyridine rings is 1. The average molecular weight is 553 g/mol. The van der Waals surface area contributed by atoms with Crippen LogP contribution in [-0.2, 0) is 21.2 Å². The summed E-state index contributed by atoms with van der Waals surface area (Å²) in [5, 5.41) is 12.3. The van der Waals surface area contributed by atoms with E-state index >= 15 is 0 Å². The van der Waals surface area contributed by atoms with Crippen LogP contribution in [0.15, 0.2) is 47.1 Å². The Kier molecular flexibility index (Phi) is 8.18. The molecule has 188 valence electrons. The fourth-order valence-corrected chi connectivity index (χ4v) is 5.42. The van der Waals surface area contributed by atoms with E-state index in [1.165, 1.54) is 6.20 Å². The SMILES string of the molecule is O=C(O)C(F)(F)F.O=S(=O)(Nc1nccs1)c1cc(Cl)c(NC2CCCc3cnccc32)cc1F. The lowest BCUT2D eigenvalue weighted by Gasteiger charge is -2.27. The number of hydrogen-bond donors (Lipinski definition) is 3. The third-order valence-corrected chi connectivity index (χ3v) is 7.28. The number of aryl methyl sites for hydroxylation is 1. The number of nitrogens with zero attached hydrogens (tertiary/aromatic N) is 2. The zero-order valence-corrected chi connectivity index (χ0v) is 19.9. The number of halogens is 5. The van der Waals surface area contributed by atoms with Crippen LogP contribution in [0.25, 0.3) is 0 Å². The number of fused-ring (bicyclic) bond motifs is 1. The Morgan fingerprint density at radius 3 is 2.60 bits per heavy atom. The summed E-state index contributed by atoms with van der Waals surface area (Å²) in [5.41, 5.74) is 2.59. The second-order valence-corrected chi connectivity index (χ2v) is 10.1. The van der Waals surface area contributed by atoms with Gasteiger partial charge in [-0.15, -0.1) is 11.3 Å². The molecule has 0 saturated carbocycles. The molecule has 1 aromatic carbocycles. The van der Waals surface area contributed by atoms with Crippen molar-refractivity contribution in [3.63, 3.8) is 0 Å². The third-order valence-electron chi connectivity index (χ3n) is 4.79. The van der Waals surface area contributed by atoms with Crippen LogP contribution in [-0.4, -0.2) is 35.6 Å². The number of anilines is 2. The fraction of sp³-hybridized carbons (Fsp3) is 0.250. The number of thiazole rings is 1. The van der Waals surface area contributed by atoms with Gasteiger partial charge >= 0.3 is 12.1 Å². The van der Waals surface area contributed by atoms with E-state index in [0.29, 0.717) is 5.69 Å². The molecule has 0 aliphatic heterocycles. The summed E-state index contributed by atoms with van der Waals surface area (Å²) in [4.78, 5) is 16.4. The molecule has 15 heteroatoms. The molecular formula is C20H17ClF4N4O4S2. The molecule has 35 heavy (non-hydrogen) atoms. The van der Waals surface area contributed by atoms with Crippen molar-refractivity contribution in [1.29, 1.82) is 0 Å². The maximum absolute atomic E-state index is 14.7. The van der Waals surface area contributed by atoms with E-state index in [-0.39, 0.29) is 16.2 Å². The minimum atomic E-state index is -5.08. The largest absolute Gasteiger partial charge is 0.490 e. The van der Waals surface area contributed by atoms with Crippen molar-refractivity contribution in [2.24, 2.45) is 0 Å². The van der Waals surface area contributed by atoms with Crippen LogP contribution in [0.1, 0.15) is 30.0 Å². The number of carbonyl (C=O) groups is 1. The molecule has 0 fully saturated rings. The molecule has 1 atom stereocenters. The lowest BCUT2D eigenvalue weighted by Crippen LogP contribution is -2.21. The van der Waals surface area contributed by atoms with Crippen molar-refractivity contribution in [1.82, 2.24) is 9.97 Å². The molecule has 1 aliphatic carbocycles. The second-order valence-electron chi connectivity index (χ2n) is 7.17. The van der Waals surface area contributed by atoms with Gasteiger partial charge in [0.05, 0.1) is 16.8 Å². The summed E-state index contributed by atoms with van der Waals surface area (Å²) in [6.45, 7) is 0. The molecule has 2 aromatic heterocycles. The summed E-state index contributed by atoms with van der Waals surface area (Å²) in [6, 6.07) is 4.13. The van der Waals surface area contributed by atoms with Crippen molar-refractivity contribution >= 4 is 49.7 Å². The number of benzene rings is 1. The molecule has 2 heterocycles. The Balaban J connectivity index is 0.000000429. The van der Waals surface area contributed by atoms with E-state index in [1.54, 1.807) is 11.6 Å². The maximum Gasteiger partial charge on any atom is 0.490 e. The van der Waals surface area contributed by atoms with Gasteiger partial charge < -0.3 is 10.4 Å². The Morgan fingerprint density at radius 2 is 1.97 bits per heavy atom. The van der Waals surface area contributed by atoms with Gasteiger partial charge in [-0.3, -0.25) is 9.71 Å². The van der Waals surface area contributed by atoms with Gasteiger partial charge in [0.15, 0.2) is 5.13 Å². The molecule has 3 N–H and O–H groups in total. The molecule has 8 nitrogen and oxygen atoms in total. The number of alkyl halides is 3. The highest BCUT2D eigenvalue weighted by Crippen LogP contribution is 2.36. The number of aromatic nitrogens is 2. The highest BCUT2D eigenvalue weighted by molar-refractivity contribution is 7.93. The fourth-order valence-electron chi connectivity index (χ4n) is 3.27. The summed E-state index contributed by atoms with van der Waals surface area (Å²) in [7, 11) is -4.13. The number of rotatable bonds is 5. The highest BCUT2D eigenvalue weighted by Gasteiger charge is 2.38. The van der Waals surface area contributed by atoms with Crippen molar-refractivity contribution < 1.29 is 35.9 Å². The van der Waals surface area contributed by atoms with Gasteiger partial charge in [-0.1, -0.05) is 11.6 Å². The van der Waals surface area contributed by atoms with E-state index in [4.69, 9.17) is 21.5 Å². The van der Waals surface area contributed by atoms with E-state index < -0.39 is 32.9 Å². The molecule has 1 unspecified atom stereocenters. The monoisotopic (exact) mass is 552 g/mol. The lowest BCUT2D eigenvalue weighted by atomic mass is 9.89. The molecule has 3 aromatic rings. The molecule has 0 radical (unpaired) electrons. The Bertz CT molecular complexity index is 1300. The number of nitrogens with one attached hydrogen (secondary N) is 2. The van der Waals surface area contributed by atoms with Gasteiger partial charge in [0.1, 0.15) is 10.7 Å². The summed E-state index contributed by atoms with van der Waals surface area (Å²) in [5.74, 6) is -3.64.